The van der Waals surface area contributed by atoms with Crippen LogP contribution in [0, 0.1) is 6.92 Å². The summed E-state index contributed by atoms with van der Waals surface area (Å²) in [7, 11) is 1.52. The van der Waals surface area contributed by atoms with Crippen molar-refractivity contribution < 1.29 is 28.6 Å². The maximum atomic E-state index is 12.8. The molecule has 2 N–H and O–H groups in total. The second kappa shape index (κ2) is 8.82. The number of fused-ring (bicyclic) bond motifs is 3. The van der Waals surface area contributed by atoms with Gasteiger partial charge in [0.1, 0.15) is 28.7 Å². The number of carboxylic acids is 1. The fraction of sp³-hybridized carbons (Fsp3) is 0.500. The number of carboxylic acid groups (broad SMARTS) is 1. The van der Waals surface area contributed by atoms with Crippen molar-refractivity contribution in [3.05, 3.63) is 33.2 Å². The molecule has 2 aromatic rings. The summed E-state index contributed by atoms with van der Waals surface area (Å²) in [5.41, 5.74) is 0.990. The van der Waals surface area contributed by atoms with Gasteiger partial charge in [0, 0.05) is 17.4 Å². The van der Waals surface area contributed by atoms with Gasteiger partial charge in [0.05, 0.1) is 24.5 Å². The number of hydrogen-bond donors (Lipinski definition) is 2. The van der Waals surface area contributed by atoms with E-state index >= 15 is 0 Å². The van der Waals surface area contributed by atoms with Crippen LogP contribution in [0.3, 0.4) is 0 Å². The van der Waals surface area contributed by atoms with E-state index in [1.807, 2.05) is 13.8 Å². The maximum absolute atomic E-state index is 12.8. The largest absolute Gasteiger partial charge is 0.496 e. The van der Waals surface area contributed by atoms with Crippen LogP contribution in [0.2, 0.25) is 0 Å². The number of ether oxygens (including phenoxy) is 2. The molecule has 31 heavy (non-hydrogen) atoms. The van der Waals surface area contributed by atoms with Crippen molar-refractivity contribution in [1.29, 1.82) is 0 Å². The Morgan fingerprint density at radius 1 is 1.39 bits per heavy atom. The van der Waals surface area contributed by atoms with E-state index in [4.69, 9.17) is 13.9 Å². The molecule has 1 aromatic heterocycles. The van der Waals surface area contributed by atoms with E-state index in [-0.39, 0.29) is 23.3 Å². The van der Waals surface area contributed by atoms with Gasteiger partial charge in [-0.2, -0.15) is 11.8 Å². The van der Waals surface area contributed by atoms with E-state index < -0.39 is 23.5 Å². The van der Waals surface area contributed by atoms with Gasteiger partial charge in [-0.05, 0) is 45.4 Å². The molecule has 0 saturated carbocycles. The maximum Gasteiger partial charge on any atom is 0.340 e. The van der Waals surface area contributed by atoms with Gasteiger partial charge in [-0.25, -0.2) is 9.59 Å². The molecule has 9 heteroatoms. The van der Waals surface area contributed by atoms with Crippen molar-refractivity contribution in [3.63, 3.8) is 0 Å². The highest BCUT2D eigenvalue weighted by atomic mass is 32.2. The fourth-order valence-electron chi connectivity index (χ4n) is 3.79. The zero-order valence-corrected chi connectivity index (χ0v) is 19.1. The molecule has 1 aliphatic rings. The smallest absolute Gasteiger partial charge is 0.340 e. The van der Waals surface area contributed by atoms with E-state index in [9.17, 15) is 19.5 Å². The normalized spacial score (nSPS) is 15.6. The molecular formula is C22H27NO7S. The number of hydrogen-bond acceptors (Lipinski definition) is 7. The first-order chi connectivity index (χ1) is 14.6. The molecule has 0 spiro atoms. The Morgan fingerprint density at radius 3 is 2.71 bits per heavy atom. The number of aliphatic carboxylic acids is 1. The molecule has 2 heterocycles. The van der Waals surface area contributed by atoms with Gasteiger partial charge in [0.2, 0.25) is 5.91 Å². The quantitative estimate of drug-likeness (QED) is 0.620. The van der Waals surface area contributed by atoms with Crippen LogP contribution in [-0.2, 0) is 22.4 Å². The van der Waals surface area contributed by atoms with E-state index in [0.717, 1.165) is 12.0 Å². The molecule has 0 saturated heterocycles. The van der Waals surface area contributed by atoms with Gasteiger partial charge in [-0.15, -0.1) is 0 Å². The standard InChI is InChI=1S/C22H27NO7S/c1-11-13(8-17(24)23-14(10-31-5)20(25)26)21(27)29-19-12-6-7-22(2,3)30-15(12)9-16(28-4)18(11)19/h9,14H,6-8,10H2,1-5H3,(H,23,24)(H,25,26). The Kier molecular flexibility index (Phi) is 6.54. The van der Waals surface area contributed by atoms with Crippen LogP contribution in [0.1, 0.15) is 37.0 Å². The molecule has 3 rings (SSSR count). The summed E-state index contributed by atoms with van der Waals surface area (Å²) in [5.74, 6) is -0.350. The first-order valence-corrected chi connectivity index (χ1v) is 11.3. The lowest BCUT2D eigenvalue weighted by Gasteiger charge is -2.33. The predicted molar refractivity (Wildman–Crippen MR) is 118 cm³/mol. The second-order valence-electron chi connectivity index (χ2n) is 8.20. The SMILES string of the molecule is COc1cc2c(c3oc(=O)c(CC(=O)NC(CSC)C(=O)O)c(C)c13)CCC(C)(C)O2. The summed E-state index contributed by atoms with van der Waals surface area (Å²) in [4.78, 5) is 36.6. The van der Waals surface area contributed by atoms with Crippen LogP contribution in [0.5, 0.6) is 11.5 Å². The third kappa shape index (κ3) is 4.66. The number of methoxy groups -OCH3 is 1. The lowest BCUT2D eigenvalue weighted by atomic mass is 9.91. The number of thioether (sulfide) groups is 1. The molecule has 0 radical (unpaired) electrons. The van der Waals surface area contributed by atoms with Crippen LogP contribution in [-0.4, -0.2) is 47.7 Å². The first-order valence-electron chi connectivity index (χ1n) is 9.94. The zero-order chi connectivity index (χ0) is 22.9. The van der Waals surface area contributed by atoms with Gasteiger partial charge < -0.3 is 24.3 Å². The average Bonchev–Trinajstić information content (AvgIpc) is 2.68. The Morgan fingerprint density at radius 2 is 2.10 bits per heavy atom. The van der Waals surface area contributed by atoms with E-state index in [1.54, 1.807) is 19.2 Å². The number of carbonyl (C=O) groups excluding carboxylic acids is 1. The third-order valence-electron chi connectivity index (χ3n) is 5.46. The number of aryl methyl sites for hydroxylation is 2. The molecule has 1 aromatic carbocycles. The van der Waals surface area contributed by atoms with Crippen molar-refractivity contribution in [2.45, 2.75) is 51.7 Å². The summed E-state index contributed by atoms with van der Waals surface area (Å²) in [6, 6.07) is 0.756. The molecule has 168 valence electrons. The molecule has 1 unspecified atom stereocenters. The zero-order valence-electron chi connectivity index (χ0n) is 18.3. The van der Waals surface area contributed by atoms with Crippen LogP contribution in [0.4, 0.5) is 0 Å². The highest BCUT2D eigenvalue weighted by molar-refractivity contribution is 7.98. The molecule has 0 fully saturated rings. The molecule has 0 aliphatic carbocycles. The summed E-state index contributed by atoms with van der Waals surface area (Å²) >= 11 is 1.31. The second-order valence-corrected chi connectivity index (χ2v) is 9.12. The summed E-state index contributed by atoms with van der Waals surface area (Å²) in [6.07, 6.45) is 2.91. The van der Waals surface area contributed by atoms with Crippen molar-refractivity contribution in [3.8, 4) is 11.5 Å². The van der Waals surface area contributed by atoms with Crippen molar-refractivity contribution in [1.82, 2.24) is 5.32 Å². The third-order valence-corrected chi connectivity index (χ3v) is 6.13. The summed E-state index contributed by atoms with van der Waals surface area (Å²) in [5, 5.41) is 12.3. The summed E-state index contributed by atoms with van der Waals surface area (Å²) < 4.78 is 17.3. The lowest BCUT2D eigenvalue weighted by molar-refractivity contribution is -0.141. The molecular weight excluding hydrogens is 422 g/mol. The number of amides is 1. The van der Waals surface area contributed by atoms with Crippen LogP contribution < -0.4 is 20.4 Å². The van der Waals surface area contributed by atoms with Crippen LogP contribution in [0.15, 0.2) is 15.3 Å². The molecule has 0 bridgehead atoms. The highest BCUT2D eigenvalue weighted by Crippen LogP contribution is 2.43. The number of benzene rings is 1. The predicted octanol–water partition coefficient (Wildman–Crippen LogP) is 2.69. The Hall–Kier alpha value is -2.68. The number of nitrogens with one attached hydrogen (secondary N) is 1. The van der Waals surface area contributed by atoms with Crippen molar-refractivity contribution >= 4 is 34.6 Å². The van der Waals surface area contributed by atoms with Crippen LogP contribution >= 0.6 is 11.8 Å². The highest BCUT2D eigenvalue weighted by Gasteiger charge is 2.31. The van der Waals surface area contributed by atoms with Crippen molar-refractivity contribution in [2.24, 2.45) is 0 Å². The van der Waals surface area contributed by atoms with Gasteiger partial charge in [-0.3, -0.25) is 4.79 Å². The Bertz CT molecular complexity index is 1090. The minimum atomic E-state index is -1.12. The van der Waals surface area contributed by atoms with Gasteiger partial charge >= 0.3 is 11.6 Å². The monoisotopic (exact) mass is 449 g/mol. The Balaban J connectivity index is 2.04. The molecule has 8 nitrogen and oxygen atoms in total. The topological polar surface area (TPSA) is 115 Å². The van der Waals surface area contributed by atoms with Gasteiger partial charge in [-0.1, -0.05) is 0 Å². The van der Waals surface area contributed by atoms with Gasteiger partial charge in [0.25, 0.3) is 0 Å². The number of carbonyl (C=O) groups is 2. The molecule has 1 amide bonds. The lowest BCUT2D eigenvalue weighted by Crippen LogP contribution is -2.43. The van der Waals surface area contributed by atoms with Gasteiger partial charge in [0.15, 0.2) is 0 Å². The average molecular weight is 450 g/mol. The van der Waals surface area contributed by atoms with E-state index in [1.165, 1.54) is 18.9 Å². The summed E-state index contributed by atoms with van der Waals surface area (Å²) in [6.45, 7) is 5.73. The van der Waals surface area contributed by atoms with E-state index in [2.05, 4.69) is 5.32 Å². The van der Waals surface area contributed by atoms with Crippen molar-refractivity contribution in [2.75, 3.05) is 19.1 Å². The van der Waals surface area contributed by atoms with E-state index in [0.29, 0.717) is 34.5 Å². The first kappa shape index (κ1) is 23.0. The minimum absolute atomic E-state index is 0.175. The fourth-order valence-corrected chi connectivity index (χ4v) is 4.35. The number of rotatable bonds is 7. The molecule has 1 aliphatic heterocycles. The minimum Gasteiger partial charge on any atom is -0.496 e. The Labute approximate surface area is 184 Å². The van der Waals surface area contributed by atoms with Crippen LogP contribution in [0.25, 0.3) is 11.0 Å². The molecule has 1 atom stereocenters.